The summed E-state index contributed by atoms with van der Waals surface area (Å²) < 4.78 is 0. The molecule has 0 aromatic rings. The molecule has 3 rings (SSSR count). The van der Waals surface area contributed by atoms with Crippen LogP contribution in [0.2, 0.25) is 0 Å². The van der Waals surface area contributed by atoms with Gasteiger partial charge in [0, 0.05) is 51.1 Å². The SMILES string of the molecule is O=CN1CCN(C(=O)C2CCC(C(=O)N3CCCCCC3)CC2)CC1. The van der Waals surface area contributed by atoms with E-state index >= 15 is 0 Å². The Kier molecular flexibility index (Phi) is 6.32. The molecule has 0 bridgehead atoms. The average Bonchev–Trinajstić information content (AvgIpc) is 2.96. The quantitative estimate of drug-likeness (QED) is 0.726. The number of carbonyl (C=O) groups is 3. The maximum atomic E-state index is 12.7. The van der Waals surface area contributed by atoms with E-state index in [1.807, 2.05) is 4.90 Å². The molecule has 0 radical (unpaired) electrons. The Morgan fingerprint density at radius 1 is 0.640 bits per heavy atom. The van der Waals surface area contributed by atoms with Crippen LogP contribution in [0.4, 0.5) is 0 Å². The monoisotopic (exact) mass is 349 g/mol. The van der Waals surface area contributed by atoms with E-state index in [-0.39, 0.29) is 17.7 Å². The fourth-order valence-corrected chi connectivity index (χ4v) is 4.44. The van der Waals surface area contributed by atoms with Gasteiger partial charge in [0.15, 0.2) is 0 Å². The average molecular weight is 349 g/mol. The van der Waals surface area contributed by atoms with Crippen LogP contribution in [-0.4, -0.2) is 72.2 Å². The summed E-state index contributed by atoms with van der Waals surface area (Å²) in [7, 11) is 0. The molecule has 6 heteroatoms. The van der Waals surface area contributed by atoms with E-state index < -0.39 is 0 Å². The smallest absolute Gasteiger partial charge is 0.225 e. The molecule has 2 saturated heterocycles. The standard InChI is InChI=1S/C19H31N3O3/c23-15-20-11-13-22(14-12-20)19(25)17-7-5-16(6-8-17)18(24)21-9-3-1-2-4-10-21/h15-17H,1-14H2. The number of likely N-dealkylation sites (tertiary alicyclic amines) is 1. The molecule has 3 fully saturated rings. The van der Waals surface area contributed by atoms with E-state index in [9.17, 15) is 14.4 Å². The van der Waals surface area contributed by atoms with Gasteiger partial charge in [0.05, 0.1) is 0 Å². The summed E-state index contributed by atoms with van der Waals surface area (Å²) in [5, 5.41) is 0. The van der Waals surface area contributed by atoms with Gasteiger partial charge in [-0.1, -0.05) is 12.8 Å². The highest BCUT2D eigenvalue weighted by Gasteiger charge is 2.34. The third-order valence-corrected chi connectivity index (χ3v) is 6.12. The van der Waals surface area contributed by atoms with E-state index in [0.29, 0.717) is 32.1 Å². The van der Waals surface area contributed by atoms with Gasteiger partial charge in [0.1, 0.15) is 0 Å². The second-order valence-electron chi connectivity index (χ2n) is 7.75. The highest BCUT2D eigenvalue weighted by Crippen LogP contribution is 2.32. The summed E-state index contributed by atoms with van der Waals surface area (Å²) in [5.41, 5.74) is 0. The van der Waals surface area contributed by atoms with Crippen LogP contribution < -0.4 is 0 Å². The van der Waals surface area contributed by atoms with E-state index in [0.717, 1.165) is 58.0 Å². The first-order chi connectivity index (χ1) is 12.2. The molecule has 3 aliphatic rings. The number of piperazine rings is 1. The summed E-state index contributed by atoms with van der Waals surface area (Å²) >= 11 is 0. The van der Waals surface area contributed by atoms with Crippen molar-refractivity contribution in [3.8, 4) is 0 Å². The summed E-state index contributed by atoms with van der Waals surface area (Å²) in [4.78, 5) is 41.9. The molecule has 2 heterocycles. The molecular formula is C19H31N3O3. The van der Waals surface area contributed by atoms with Crippen LogP contribution in [0.15, 0.2) is 0 Å². The molecule has 0 unspecified atom stereocenters. The van der Waals surface area contributed by atoms with Crippen molar-refractivity contribution in [3.05, 3.63) is 0 Å². The third-order valence-electron chi connectivity index (χ3n) is 6.12. The first-order valence-electron chi connectivity index (χ1n) is 9.96. The molecule has 3 amide bonds. The van der Waals surface area contributed by atoms with E-state index in [1.54, 1.807) is 4.90 Å². The first kappa shape index (κ1) is 18.2. The van der Waals surface area contributed by atoms with Gasteiger partial charge < -0.3 is 14.7 Å². The number of amides is 3. The molecule has 1 saturated carbocycles. The maximum absolute atomic E-state index is 12.7. The molecule has 25 heavy (non-hydrogen) atoms. The van der Waals surface area contributed by atoms with Crippen molar-refractivity contribution in [3.63, 3.8) is 0 Å². The van der Waals surface area contributed by atoms with Crippen molar-refractivity contribution in [1.29, 1.82) is 0 Å². The second kappa shape index (κ2) is 8.68. The largest absolute Gasteiger partial charge is 0.342 e. The van der Waals surface area contributed by atoms with Crippen LogP contribution in [-0.2, 0) is 14.4 Å². The summed E-state index contributed by atoms with van der Waals surface area (Å²) in [6.07, 6.45) is 8.96. The molecular weight excluding hydrogens is 318 g/mol. The van der Waals surface area contributed by atoms with Crippen LogP contribution in [0.3, 0.4) is 0 Å². The Labute approximate surface area is 150 Å². The second-order valence-corrected chi connectivity index (χ2v) is 7.75. The van der Waals surface area contributed by atoms with Crippen molar-refractivity contribution in [2.24, 2.45) is 11.8 Å². The Morgan fingerprint density at radius 2 is 1.08 bits per heavy atom. The van der Waals surface area contributed by atoms with Gasteiger partial charge in [-0.05, 0) is 38.5 Å². The molecule has 2 aliphatic heterocycles. The van der Waals surface area contributed by atoms with Crippen LogP contribution >= 0.6 is 0 Å². The van der Waals surface area contributed by atoms with Gasteiger partial charge in [0.2, 0.25) is 18.2 Å². The fourth-order valence-electron chi connectivity index (χ4n) is 4.44. The van der Waals surface area contributed by atoms with E-state index in [1.165, 1.54) is 12.8 Å². The predicted molar refractivity (Wildman–Crippen MR) is 94.7 cm³/mol. The van der Waals surface area contributed by atoms with Gasteiger partial charge in [-0.3, -0.25) is 14.4 Å². The van der Waals surface area contributed by atoms with Gasteiger partial charge >= 0.3 is 0 Å². The number of hydrogen-bond donors (Lipinski definition) is 0. The Morgan fingerprint density at radius 3 is 1.52 bits per heavy atom. The van der Waals surface area contributed by atoms with Gasteiger partial charge in [-0.25, -0.2) is 0 Å². The minimum absolute atomic E-state index is 0.0657. The molecule has 0 N–H and O–H groups in total. The summed E-state index contributed by atoms with van der Waals surface area (Å²) in [6.45, 7) is 4.39. The number of rotatable bonds is 3. The normalized spacial score (nSPS) is 28.4. The van der Waals surface area contributed by atoms with Gasteiger partial charge in [-0.2, -0.15) is 0 Å². The van der Waals surface area contributed by atoms with Gasteiger partial charge in [0.25, 0.3) is 0 Å². The fraction of sp³-hybridized carbons (Fsp3) is 0.842. The lowest BCUT2D eigenvalue weighted by molar-refractivity contribution is -0.143. The minimum atomic E-state index is 0.0657. The maximum Gasteiger partial charge on any atom is 0.225 e. The van der Waals surface area contributed by atoms with Crippen molar-refractivity contribution in [2.75, 3.05) is 39.3 Å². The zero-order chi connectivity index (χ0) is 17.6. The summed E-state index contributed by atoms with van der Waals surface area (Å²) in [5.74, 6) is 0.739. The minimum Gasteiger partial charge on any atom is -0.342 e. The Balaban J connectivity index is 1.45. The van der Waals surface area contributed by atoms with Crippen LogP contribution in [0.5, 0.6) is 0 Å². The van der Waals surface area contributed by atoms with Crippen LogP contribution in [0.25, 0.3) is 0 Å². The van der Waals surface area contributed by atoms with Crippen LogP contribution in [0.1, 0.15) is 51.4 Å². The Bertz CT molecular complexity index is 472. The van der Waals surface area contributed by atoms with Gasteiger partial charge in [-0.15, -0.1) is 0 Å². The number of carbonyl (C=O) groups excluding carboxylic acids is 3. The Hall–Kier alpha value is -1.59. The molecule has 1 aliphatic carbocycles. The summed E-state index contributed by atoms with van der Waals surface area (Å²) in [6, 6.07) is 0. The lowest BCUT2D eigenvalue weighted by atomic mass is 9.80. The third kappa shape index (κ3) is 4.53. The molecule has 0 aromatic carbocycles. The van der Waals surface area contributed by atoms with Crippen molar-refractivity contribution in [2.45, 2.75) is 51.4 Å². The van der Waals surface area contributed by atoms with Crippen LogP contribution in [0, 0.1) is 11.8 Å². The number of nitrogens with zero attached hydrogens (tertiary/aromatic N) is 3. The lowest BCUT2D eigenvalue weighted by Gasteiger charge is -2.37. The topological polar surface area (TPSA) is 60.9 Å². The van der Waals surface area contributed by atoms with Crippen molar-refractivity contribution < 1.29 is 14.4 Å². The lowest BCUT2D eigenvalue weighted by Crippen LogP contribution is -2.50. The van der Waals surface area contributed by atoms with Crippen molar-refractivity contribution in [1.82, 2.24) is 14.7 Å². The number of hydrogen-bond acceptors (Lipinski definition) is 3. The first-order valence-corrected chi connectivity index (χ1v) is 9.96. The zero-order valence-electron chi connectivity index (χ0n) is 15.2. The highest BCUT2D eigenvalue weighted by molar-refractivity contribution is 5.81. The zero-order valence-corrected chi connectivity index (χ0v) is 15.2. The molecule has 0 atom stereocenters. The molecule has 0 spiro atoms. The van der Waals surface area contributed by atoms with E-state index in [4.69, 9.17) is 0 Å². The van der Waals surface area contributed by atoms with Crippen molar-refractivity contribution >= 4 is 18.2 Å². The molecule has 140 valence electrons. The highest BCUT2D eigenvalue weighted by atomic mass is 16.2. The molecule has 0 aromatic heterocycles. The predicted octanol–water partition coefficient (Wildman–Crippen LogP) is 1.50. The molecule has 6 nitrogen and oxygen atoms in total. The van der Waals surface area contributed by atoms with E-state index in [2.05, 4.69) is 4.90 Å².